The maximum absolute atomic E-state index is 12.7. The van der Waals surface area contributed by atoms with Crippen molar-refractivity contribution in [2.45, 2.75) is 44.4 Å². The summed E-state index contributed by atoms with van der Waals surface area (Å²) in [5.74, 6) is -0.358. The lowest BCUT2D eigenvalue weighted by Crippen LogP contribution is -2.26. The van der Waals surface area contributed by atoms with Gasteiger partial charge in [-0.2, -0.15) is 0 Å². The van der Waals surface area contributed by atoms with Crippen LogP contribution in [-0.2, 0) is 16.4 Å². The lowest BCUT2D eigenvalue weighted by atomic mass is 10.1. The van der Waals surface area contributed by atoms with Gasteiger partial charge in [0.15, 0.2) is 0 Å². The van der Waals surface area contributed by atoms with E-state index in [0.717, 1.165) is 19.3 Å². The fourth-order valence-corrected chi connectivity index (χ4v) is 3.81. The molecule has 0 radical (unpaired) electrons. The number of hydrogen-bond donors (Lipinski definition) is 3. The maximum atomic E-state index is 12.7. The van der Waals surface area contributed by atoms with E-state index in [0.29, 0.717) is 29.8 Å². The zero-order valence-corrected chi connectivity index (χ0v) is 17.2. The van der Waals surface area contributed by atoms with Crippen molar-refractivity contribution in [3.05, 3.63) is 59.2 Å². The summed E-state index contributed by atoms with van der Waals surface area (Å²) in [6.07, 6.45) is 3.62. The summed E-state index contributed by atoms with van der Waals surface area (Å²) >= 11 is 0. The van der Waals surface area contributed by atoms with Gasteiger partial charge in [-0.1, -0.05) is 31.5 Å². The second-order valence-corrected chi connectivity index (χ2v) is 8.40. The van der Waals surface area contributed by atoms with Crippen molar-refractivity contribution in [2.24, 2.45) is 0 Å². The van der Waals surface area contributed by atoms with Crippen LogP contribution in [0.2, 0.25) is 0 Å². The van der Waals surface area contributed by atoms with Gasteiger partial charge in [-0.05, 0) is 61.6 Å². The third kappa shape index (κ3) is 6.07. The van der Waals surface area contributed by atoms with Gasteiger partial charge in [-0.25, -0.2) is 8.42 Å². The number of aliphatic hydroxyl groups excluding tert-OH is 1. The predicted molar refractivity (Wildman–Crippen MR) is 111 cm³/mol. The van der Waals surface area contributed by atoms with Crippen molar-refractivity contribution in [2.75, 3.05) is 17.9 Å². The second kappa shape index (κ2) is 10.2. The minimum atomic E-state index is -3.81. The van der Waals surface area contributed by atoms with Crippen LogP contribution in [-0.4, -0.2) is 32.6 Å². The van der Waals surface area contributed by atoms with Crippen LogP contribution in [0.4, 0.5) is 5.69 Å². The summed E-state index contributed by atoms with van der Waals surface area (Å²) < 4.78 is 28.0. The lowest BCUT2D eigenvalue weighted by Gasteiger charge is -2.12. The van der Waals surface area contributed by atoms with Crippen molar-refractivity contribution in [3.63, 3.8) is 0 Å². The molecule has 0 saturated carbocycles. The molecular weight excluding hydrogens is 376 g/mol. The summed E-state index contributed by atoms with van der Waals surface area (Å²) in [6.45, 7) is 4.19. The third-order valence-corrected chi connectivity index (χ3v) is 5.79. The van der Waals surface area contributed by atoms with Crippen LogP contribution in [0.3, 0.4) is 0 Å². The summed E-state index contributed by atoms with van der Waals surface area (Å²) in [7, 11) is -3.81. The van der Waals surface area contributed by atoms with Crippen LogP contribution in [0.5, 0.6) is 0 Å². The van der Waals surface area contributed by atoms with Gasteiger partial charge < -0.3 is 10.4 Å². The molecule has 28 heavy (non-hydrogen) atoms. The Balaban J connectivity index is 2.16. The van der Waals surface area contributed by atoms with Crippen LogP contribution in [0.25, 0.3) is 0 Å². The number of rotatable bonds is 10. The molecular formula is C21H28N2O4S. The fraction of sp³-hybridized carbons (Fsp3) is 0.381. The molecule has 0 heterocycles. The summed E-state index contributed by atoms with van der Waals surface area (Å²) in [5, 5.41) is 11.5. The van der Waals surface area contributed by atoms with Crippen LogP contribution in [0.15, 0.2) is 47.4 Å². The Morgan fingerprint density at radius 1 is 1.07 bits per heavy atom. The quantitative estimate of drug-likeness (QED) is 0.530. The molecule has 2 rings (SSSR count). The first-order valence-corrected chi connectivity index (χ1v) is 11.0. The number of aliphatic hydroxyl groups is 1. The smallest absolute Gasteiger partial charge is 0.261 e. The summed E-state index contributed by atoms with van der Waals surface area (Å²) in [5.41, 5.74) is 2.63. The largest absolute Gasteiger partial charge is 0.396 e. The molecule has 0 atom stereocenters. The molecule has 0 aliphatic rings. The monoisotopic (exact) mass is 404 g/mol. The average molecular weight is 405 g/mol. The molecule has 0 aliphatic carbocycles. The molecule has 0 unspecified atom stereocenters. The van der Waals surface area contributed by atoms with E-state index in [9.17, 15) is 13.2 Å². The zero-order valence-electron chi connectivity index (χ0n) is 16.4. The van der Waals surface area contributed by atoms with Crippen molar-refractivity contribution in [1.82, 2.24) is 5.32 Å². The highest BCUT2D eigenvalue weighted by Crippen LogP contribution is 2.20. The third-order valence-electron chi connectivity index (χ3n) is 4.41. The van der Waals surface area contributed by atoms with Crippen molar-refractivity contribution >= 4 is 21.6 Å². The van der Waals surface area contributed by atoms with Crippen molar-refractivity contribution < 1.29 is 18.3 Å². The normalized spacial score (nSPS) is 11.2. The highest BCUT2D eigenvalue weighted by atomic mass is 32.2. The van der Waals surface area contributed by atoms with E-state index in [2.05, 4.69) is 17.0 Å². The number of unbranched alkanes of at least 4 members (excludes halogenated alkanes) is 1. The van der Waals surface area contributed by atoms with E-state index in [1.807, 2.05) is 12.1 Å². The maximum Gasteiger partial charge on any atom is 0.261 e. The van der Waals surface area contributed by atoms with Gasteiger partial charge in [0.2, 0.25) is 0 Å². The Bertz CT molecular complexity index is 893. The SMILES string of the molecule is CCCCc1ccc(NS(=O)(=O)c2ccc(C)c(C(=O)NCCCO)c2)cc1. The number of benzene rings is 2. The van der Waals surface area contributed by atoms with Gasteiger partial charge >= 0.3 is 0 Å². The molecule has 0 saturated heterocycles. The molecule has 0 fully saturated rings. The van der Waals surface area contributed by atoms with Crippen molar-refractivity contribution in [1.29, 1.82) is 0 Å². The molecule has 2 aromatic carbocycles. The van der Waals surface area contributed by atoms with Gasteiger partial charge in [0, 0.05) is 24.4 Å². The number of nitrogens with one attached hydrogen (secondary N) is 2. The molecule has 1 amide bonds. The number of carbonyl (C=O) groups is 1. The minimum absolute atomic E-state index is 0.0190. The van der Waals surface area contributed by atoms with Crippen LogP contribution < -0.4 is 10.0 Å². The highest BCUT2D eigenvalue weighted by molar-refractivity contribution is 7.92. The van der Waals surface area contributed by atoms with Crippen molar-refractivity contribution in [3.8, 4) is 0 Å². The highest BCUT2D eigenvalue weighted by Gasteiger charge is 2.18. The molecule has 0 aliphatic heterocycles. The van der Waals surface area contributed by atoms with E-state index in [-0.39, 0.29) is 17.4 Å². The van der Waals surface area contributed by atoms with Gasteiger partial charge in [0.05, 0.1) is 4.90 Å². The topological polar surface area (TPSA) is 95.5 Å². The second-order valence-electron chi connectivity index (χ2n) is 6.72. The molecule has 152 valence electrons. The molecule has 0 aromatic heterocycles. The first-order valence-electron chi connectivity index (χ1n) is 9.49. The van der Waals surface area contributed by atoms with Gasteiger partial charge in [0.1, 0.15) is 0 Å². The molecule has 6 nitrogen and oxygen atoms in total. The number of carbonyl (C=O) groups excluding carboxylic acids is 1. The first kappa shape index (κ1) is 21.9. The zero-order chi connectivity index (χ0) is 20.6. The Labute approximate surface area is 167 Å². The Hall–Kier alpha value is -2.38. The molecule has 2 aromatic rings. The van der Waals surface area contributed by atoms with E-state index in [1.54, 1.807) is 25.1 Å². The molecule has 0 bridgehead atoms. The van der Waals surface area contributed by atoms with Crippen LogP contribution in [0, 0.1) is 6.92 Å². The fourth-order valence-electron chi connectivity index (χ4n) is 2.72. The number of aryl methyl sites for hydroxylation is 2. The minimum Gasteiger partial charge on any atom is -0.396 e. The summed E-state index contributed by atoms with van der Waals surface area (Å²) in [6, 6.07) is 11.8. The average Bonchev–Trinajstić information content (AvgIpc) is 2.67. The molecule has 3 N–H and O–H groups in total. The van der Waals surface area contributed by atoms with Gasteiger partial charge in [-0.15, -0.1) is 0 Å². The number of hydrogen-bond acceptors (Lipinski definition) is 4. The standard InChI is InChI=1S/C21H28N2O4S/c1-3-4-6-17-8-10-18(11-9-17)23-28(26,27)19-12-7-16(2)20(15-19)21(25)22-13-5-14-24/h7-12,15,23-24H,3-6,13-14H2,1-2H3,(H,22,25). The predicted octanol–water partition coefficient (Wildman–Crippen LogP) is 3.25. The van der Waals surface area contributed by atoms with E-state index in [4.69, 9.17) is 5.11 Å². The van der Waals surface area contributed by atoms with Crippen LogP contribution in [0.1, 0.15) is 47.7 Å². The van der Waals surface area contributed by atoms with E-state index < -0.39 is 10.0 Å². The van der Waals surface area contributed by atoms with Gasteiger partial charge in [0.25, 0.3) is 15.9 Å². The Morgan fingerprint density at radius 3 is 2.43 bits per heavy atom. The number of anilines is 1. The number of sulfonamides is 1. The molecule has 7 heteroatoms. The van der Waals surface area contributed by atoms with Crippen LogP contribution >= 0.6 is 0 Å². The molecule has 0 spiro atoms. The first-order chi connectivity index (χ1) is 13.4. The lowest BCUT2D eigenvalue weighted by molar-refractivity contribution is 0.0950. The summed E-state index contributed by atoms with van der Waals surface area (Å²) in [4.78, 5) is 12.3. The van der Waals surface area contributed by atoms with E-state index >= 15 is 0 Å². The number of amides is 1. The van der Waals surface area contributed by atoms with Gasteiger partial charge in [-0.3, -0.25) is 9.52 Å². The van der Waals surface area contributed by atoms with E-state index in [1.165, 1.54) is 17.7 Å². The Kier molecular flexibility index (Phi) is 8.02. The Morgan fingerprint density at radius 2 is 1.79 bits per heavy atom.